The molecule has 0 bridgehead atoms. The van der Waals surface area contributed by atoms with Crippen molar-refractivity contribution in [3.8, 4) is 0 Å². The summed E-state index contributed by atoms with van der Waals surface area (Å²) in [7, 11) is 0. The van der Waals surface area contributed by atoms with Crippen LogP contribution in [0.15, 0.2) is 24.3 Å². The number of carbonyl (C=O) groups excluding carboxylic acids is 1. The van der Waals surface area contributed by atoms with Gasteiger partial charge in [-0.15, -0.1) is 0 Å². The number of aliphatic hydroxyl groups excluding tert-OH is 1. The van der Waals surface area contributed by atoms with Gasteiger partial charge in [-0.3, -0.25) is 0 Å². The zero-order valence-electron chi connectivity index (χ0n) is 13.3. The summed E-state index contributed by atoms with van der Waals surface area (Å²) in [6, 6.07) is 7.89. The standard InChI is InChI=1S/C18H25ClN2O2/c19-14-6-4-13(5-7-14)17(12-2-1-3-12)21-18(23)20-15-8-10-16(22)11-9-15/h4-7,12,15-17,22H,1-3,8-11H2,(H2,20,21,23). The number of hydrogen-bond donors (Lipinski definition) is 3. The monoisotopic (exact) mass is 336 g/mol. The van der Waals surface area contributed by atoms with E-state index >= 15 is 0 Å². The van der Waals surface area contributed by atoms with Crippen molar-refractivity contribution in [3.63, 3.8) is 0 Å². The maximum atomic E-state index is 12.4. The van der Waals surface area contributed by atoms with E-state index in [-0.39, 0.29) is 24.2 Å². The highest BCUT2D eigenvalue weighted by molar-refractivity contribution is 6.30. The highest BCUT2D eigenvalue weighted by Gasteiger charge is 2.30. The molecule has 1 aromatic rings. The number of benzene rings is 1. The maximum absolute atomic E-state index is 12.4. The van der Waals surface area contributed by atoms with Crippen LogP contribution in [0.2, 0.25) is 5.02 Å². The fourth-order valence-electron chi connectivity index (χ4n) is 3.51. The number of urea groups is 1. The second-order valence-electron chi connectivity index (χ2n) is 6.84. The Balaban J connectivity index is 1.59. The molecule has 2 fully saturated rings. The van der Waals surface area contributed by atoms with Gasteiger partial charge in [0.1, 0.15) is 0 Å². The number of amides is 2. The SMILES string of the molecule is O=C(NC1CCC(O)CC1)NC(c1ccc(Cl)cc1)C1CCC1. The van der Waals surface area contributed by atoms with Gasteiger partial charge in [-0.25, -0.2) is 4.79 Å². The summed E-state index contributed by atoms with van der Waals surface area (Å²) in [5.41, 5.74) is 1.12. The van der Waals surface area contributed by atoms with Crippen molar-refractivity contribution in [2.75, 3.05) is 0 Å². The zero-order chi connectivity index (χ0) is 16.2. The number of halogens is 1. The molecule has 1 aromatic carbocycles. The molecular formula is C18H25ClN2O2. The Bertz CT molecular complexity index is 522. The van der Waals surface area contributed by atoms with Crippen LogP contribution in [0.1, 0.15) is 56.6 Å². The van der Waals surface area contributed by atoms with Crippen molar-refractivity contribution in [1.29, 1.82) is 0 Å². The maximum Gasteiger partial charge on any atom is 0.315 e. The van der Waals surface area contributed by atoms with Gasteiger partial charge in [-0.1, -0.05) is 30.2 Å². The first-order valence-electron chi connectivity index (χ1n) is 8.62. The molecule has 0 saturated heterocycles. The van der Waals surface area contributed by atoms with Gasteiger partial charge in [-0.05, 0) is 62.1 Å². The summed E-state index contributed by atoms with van der Waals surface area (Å²) in [4.78, 5) is 12.4. The molecular weight excluding hydrogens is 312 g/mol. The first-order valence-corrected chi connectivity index (χ1v) is 9.00. The summed E-state index contributed by atoms with van der Waals surface area (Å²) in [5.74, 6) is 0.509. The second-order valence-corrected chi connectivity index (χ2v) is 7.28. The van der Waals surface area contributed by atoms with E-state index in [1.54, 1.807) is 0 Å². The number of aliphatic hydroxyl groups is 1. The molecule has 0 radical (unpaired) electrons. The third-order valence-corrected chi connectivity index (χ3v) is 5.42. The lowest BCUT2D eigenvalue weighted by Crippen LogP contribution is -2.47. The van der Waals surface area contributed by atoms with Crippen LogP contribution >= 0.6 is 11.6 Å². The Morgan fingerprint density at radius 2 is 1.74 bits per heavy atom. The van der Waals surface area contributed by atoms with Gasteiger partial charge in [0.2, 0.25) is 0 Å². The van der Waals surface area contributed by atoms with Crippen molar-refractivity contribution in [1.82, 2.24) is 10.6 Å². The predicted molar refractivity (Wildman–Crippen MR) is 91.5 cm³/mol. The second kappa shape index (κ2) is 7.54. The van der Waals surface area contributed by atoms with E-state index in [0.717, 1.165) is 44.1 Å². The molecule has 0 aromatic heterocycles. The quantitative estimate of drug-likeness (QED) is 0.783. The fourth-order valence-corrected chi connectivity index (χ4v) is 3.63. The smallest absolute Gasteiger partial charge is 0.315 e. The molecule has 4 nitrogen and oxygen atoms in total. The van der Waals surface area contributed by atoms with Crippen LogP contribution in [0, 0.1) is 5.92 Å². The van der Waals surface area contributed by atoms with Crippen LogP contribution < -0.4 is 10.6 Å². The molecule has 2 aliphatic rings. The predicted octanol–water partition coefficient (Wildman–Crippen LogP) is 3.78. The molecule has 2 saturated carbocycles. The van der Waals surface area contributed by atoms with Crippen LogP contribution in [0.5, 0.6) is 0 Å². The lowest BCUT2D eigenvalue weighted by atomic mass is 9.77. The fraction of sp³-hybridized carbons (Fsp3) is 0.611. The Morgan fingerprint density at radius 1 is 1.09 bits per heavy atom. The van der Waals surface area contributed by atoms with Gasteiger partial charge < -0.3 is 15.7 Å². The van der Waals surface area contributed by atoms with Crippen LogP contribution in [-0.4, -0.2) is 23.3 Å². The van der Waals surface area contributed by atoms with E-state index in [1.165, 1.54) is 6.42 Å². The van der Waals surface area contributed by atoms with Crippen molar-refractivity contribution < 1.29 is 9.90 Å². The minimum atomic E-state index is -0.201. The molecule has 1 atom stereocenters. The molecule has 0 heterocycles. The summed E-state index contributed by atoms with van der Waals surface area (Å²) in [5, 5.41) is 16.5. The third-order valence-electron chi connectivity index (χ3n) is 5.17. The van der Waals surface area contributed by atoms with Gasteiger partial charge in [0.25, 0.3) is 0 Å². The van der Waals surface area contributed by atoms with E-state index in [0.29, 0.717) is 10.9 Å². The Morgan fingerprint density at radius 3 is 2.30 bits per heavy atom. The van der Waals surface area contributed by atoms with Crippen molar-refractivity contribution in [2.45, 2.75) is 63.1 Å². The number of nitrogens with one attached hydrogen (secondary N) is 2. The van der Waals surface area contributed by atoms with E-state index in [4.69, 9.17) is 11.6 Å². The minimum absolute atomic E-state index is 0.0511. The number of carbonyl (C=O) groups is 1. The van der Waals surface area contributed by atoms with Crippen molar-refractivity contribution in [3.05, 3.63) is 34.9 Å². The molecule has 3 N–H and O–H groups in total. The van der Waals surface area contributed by atoms with E-state index in [1.807, 2.05) is 24.3 Å². The molecule has 0 spiro atoms. The van der Waals surface area contributed by atoms with Gasteiger partial charge in [0.05, 0.1) is 12.1 Å². The molecule has 0 aliphatic heterocycles. The summed E-state index contributed by atoms with van der Waals surface area (Å²) in [6.45, 7) is 0. The van der Waals surface area contributed by atoms with Crippen LogP contribution in [0.3, 0.4) is 0 Å². The molecule has 2 aliphatic carbocycles. The zero-order valence-corrected chi connectivity index (χ0v) is 14.1. The number of hydrogen-bond acceptors (Lipinski definition) is 2. The molecule has 23 heavy (non-hydrogen) atoms. The largest absolute Gasteiger partial charge is 0.393 e. The van der Waals surface area contributed by atoms with Crippen LogP contribution in [0.4, 0.5) is 4.79 Å². The first kappa shape index (κ1) is 16.6. The highest BCUT2D eigenvalue weighted by Crippen LogP contribution is 2.38. The number of rotatable bonds is 4. The lowest BCUT2D eigenvalue weighted by molar-refractivity contribution is 0.117. The molecule has 1 unspecified atom stereocenters. The average molecular weight is 337 g/mol. The average Bonchev–Trinajstić information content (AvgIpc) is 2.48. The first-order chi connectivity index (χ1) is 11.1. The minimum Gasteiger partial charge on any atom is -0.393 e. The topological polar surface area (TPSA) is 61.4 Å². The Hall–Kier alpha value is -1.26. The normalized spacial score (nSPS) is 26.2. The lowest BCUT2D eigenvalue weighted by Gasteiger charge is -2.35. The van der Waals surface area contributed by atoms with Crippen molar-refractivity contribution >= 4 is 17.6 Å². The van der Waals surface area contributed by atoms with Gasteiger partial charge in [0.15, 0.2) is 0 Å². The summed E-state index contributed by atoms with van der Waals surface area (Å²) >= 11 is 5.97. The van der Waals surface area contributed by atoms with Gasteiger partial charge >= 0.3 is 6.03 Å². The summed E-state index contributed by atoms with van der Waals surface area (Å²) < 4.78 is 0. The van der Waals surface area contributed by atoms with Crippen LogP contribution in [0.25, 0.3) is 0 Å². The Labute approximate surface area is 142 Å². The summed E-state index contributed by atoms with van der Waals surface area (Å²) in [6.07, 6.45) is 6.59. The van der Waals surface area contributed by atoms with E-state index in [9.17, 15) is 9.90 Å². The molecule has 3 rings (SSSR count). The third kappa shape index (κ3) is 4.39. The molecule has 2 amide bonds. The Kier molecular flexibility index (Phi) is 5.44. The van der Waals surface area contributed by atoms with Gasteiger partial charge in [-0.2, -0.15) is 0 Å². The van der Waals surface area contributed by atoms with E-state index < -0.39 is 0 Å². The highest BCUT2D eigenvalue weighted by atomic mass is 35.5. The molecule has 5 heteroatoms. The van der Waals surface area contributed by atoms with Crippen molar-refractivity contribution in [2.24, 2.45) is 5.92 Å². The van der Waals surface area contributed by atoms with Crippen LogP contribution in [-0.2, 0) is 0 Å². The molecule has 126 valence electrons. The van der Waals surface area contributed by atoms with Gasteiger partial charge in [0, 0.05) is 11.1 Å². The van der Waals surface area contributed by atoms with E-state index in [2.05, 4.69) is 10.6 Å².